The van der Waals surface area contributed by atoms with Gasteiger partial charge in [0.25, 0.3) is 5.92 Å². The molecule has 0 saturated carbocycles. The number of hydrogen-bond acceptors (Lipinski definition) is 3. The van der Waals surface area contributed by atoms with E-state index in [1.807, 2.05) is 0 Å². The Hall–Kier alpha value is -0.940. The predicted octanol–water partition coefficient (Wildman–Crippen LogP) is 3.75. The number of nitrogens with zero attached hydrogens (tertiary/aromatic N) is 1. The van der Waals surface area contributed by atoms with Gasteiger partial charge in [-0.1, -0.05) is 0 Å². The van der Waals surface area contributed by atoms with E-state index in [1.54, 1.807) is 4.72 Å². The number of sulfonamides is 1. The van der Waals surface area contributed by atoms with E-state index in [2.05, 4.69) is 0 Å². The van der Waals surface area contributed by atoms with Crippen molar-refractivity contribution in [2.24, 2.45) is 0 Å². The maximum absolute atomic E-state index is 13.5. The number of nitrogens with one attached hydrogen (secondary N) is 1. The molecule has 30 heavy (non-hydrogen) atoms. The van der Waals surface area contributed by atoms with Crippen molar-refractivity contribution in [2.45, 2.75) is 49.1 Å². The first-order chi connectivity index (χ1) is 12.9. The topological polar surface area (TPSA) is 69.2 Å². The first kappa shape index (κ1) is 29.1. The Morgan fingerprint density at radius 2 is 1.33 bits per heavy atom. The van der Waals surface area contributed by atoms with Crippen molar-refractivity contribution >= 4 is 10.0 Å². The molecule has 0 aromatic heterocycles. The molecule has 0 unspecified atom stereocenters. The van der Waals surface area contributed by atoms with Gasteiger partial charge < -0.3 is 9.85 Å². The average Bonchev–Trinajstić information content (AvgIpc) is 2.46. The molecule has 1 N–H and O–H groups in total. The molecule has 0 radical (unpaired) electrons. The minimum Gasteiger partial charge on any atom is -0.633 e. The molecule has 0 aliphatic heterocycles. The van der Waals surface area contributed by atoms with Crippen LogP contribution in [0.4, 0.5) is 48.3 Å². The molecular formula is C13H19F11N2O3S. The number of hydroxylamine groups is 3. The van der Waals surface area contributed by atoms with Crippen molar-refractivity contribution in [3.8, 4) is 0 Å². The Kier molecular flexibility index (Phi) is 8.62. The van der Waals surface area contributed by atoms with Gasteiger partial charge >= 0.3 is 23.9 Å². The van der Waals surface area contributed by atoms with Crippen molar-refractivity contribution in [1.82, 2.24) is 4.72 Å². The molecule has 0 fully saturated rings. The third kappa shape index (κ3) is 7.96. The molecule has 0 aliphatic carbocycles. The molecule has 0 amide bonds. The molecular weight excluding hydrogens is 473 g/mol. The molecule has 182 valence electrons. The van der Waals surface area contributed by atoms with Crippen LogP contribution in [0.1, 0.15) is 19.3 Å². The second-order valence-electron chi connectivity index (χ2n) is 7.00. The summed E-state index contributed by atoms with van der Waals surface area (Å²) in [6.07, 6.45) is -12.7. The van der Waals surface area contributed by atoms with E-state index < -0.39 is 69.7 Å². The summed E-state index contributed by atoms with van der Waals surface area (Å²) in [5.41, 5.74) is 0. The van der Waals surface area contributed by atoms with E-state index in [1.165, 1.54) is 14.1 Å². The Morgan fingerprint density at radius 1 is 0.867 bits per heavy atom. The number of quaternary nitrogens is 1. The van der Waals surface area contributed by atoms with Gasteiger partial charge in [-0.25, -0.2) is 21.9 Å². The molecule has 0 rings (SSSR count). The van der Waals surface area contributed by atoms with E-state index in [0.29, 0.717) is 0 Å². The molecule has 17 heteroatoms. The van der Waals surface area contributed by atoms with E-state index in [9.17, 15) is 61.9 Å². The Bertz CT molecular complexity index is 673. The van der Waals surface area contributed by atoms with Crippen LogP contribution in [0, 0.1) is 5.21 Å². The summed E-state index contributed by atoms with van der Waals surface area (Å²) < 4.78 is 165. The van der Waals surface area contributed by atoms with Crippen LogP contribution in [0.2, 0.25) is 0 Å². The van der Waals surface area contributed by atoms with Crippen LogP contribution >= 0.6 is 0 Å². The van der Waals surface area contributed by atoms with Crippen molar-refractivity contribution in [1.29, 1.82) is 0 Å². The first-order valence-corrected chi connectivity index (χ1v) is 9.61. The molecule has 0 spiro atoms. The quantitative estimate of drug-likeness (QED) is 0.195. The first-order valence-electron chi connectivity index (χ1n) is 7.96. The summed E-state index contributed by atoms with van der Waals surface area (Å²) in [6.45, 7) is -0.503. The molecule has 5 nitrogen and oxygen atoms in total. The van der Waals surface area contributed by atoms with Gasteiger partial charge in [-0.05, 0) is 0 Å². The van der Waals surface area contributed by atoms with E-state index in [0.717, 1.165) is 0 Å². The number of halogens is 11. The Labute approximate surface area is 164 Å². The molecule has 0 bridgehead atoms. The fraction of sp³-hybridized carbons (Fsp3) is 1.00. The molecule has 0 aliphatic rings. The maximum Gasteiger partial charge on any atom is 0.460 e. The fourth-order valence-corrected chi connectivity index (χ4v) is 3.14. The van der Waals surface area contributed by atoms with E-state index in [4.69, 9.17) is 0 Å². The summed E-state index contributed by atoms with van der Waals surface area (Å²) in [7, 11) is -2.14. The van der Waals surface area contributed by atoms with Gasteiger partial charge in [0.2, 0.25) is 10.0 Å². The zero-order valence-electron chi connectivity index (χ0n) is 15.5. The summed E-state index contributed by atoms with van der Waals surface area (Å²) in [5.74, 6) is -27.7. The van der Waals surface area contributed by atoms with Crippen molar-refractivity contribution in [3.63, 3.8) is 0 Å². The minimum absolute atomic E-state index is 0.0526. The molecule has 0 aromatic carbocycles. The lowest BCUT2D eigenvalue weighted by molar-refractivity contribution is -0.840. The third-order valence-corrected chi connectivity index (χ3v) is 5.01. The van der Waals surface area contributed by atoms with Gasteiger partial charge in [0.05, 0.1) is 32.8 Å². The lowest BCUT2D eigenvalue weighted by Gasteiger charge is -2.35. The second kappa shape index (κ2) is 8.90. The smallest absolute Gasteiger partial charge is 0.460 e. The van der Waals surface area contributed by atoms with Crippen LogP contribution in [0.25, 0.3) is 0 Å². The highest BCUT2D eigenvalue weighted by Gasteiger charge is 2.82. The molecule has 0 heterocycles. The van der Waals surface area contributed by atoms with Crippen LogP contribution in [0.15, 0.2) is 0 Å². The lowest BCUT2D eigenvalue weighted by atomic mass is 9.97. The fourth-order valence-electron chi connectivity index (χ4n) is 1.98. The van der Waals surface area contributed by atoms with Gasteiger partial charge in [0, 0.05) is 19.4 Å². The summed E-state index contributed by atoms with van der Waals surface area (Å²) in [5, 5.41) is 11.2. The van der Waals surface area contributed by atoms with Gasteiger partial charge in [-0.2, -0.15) is 39.5 Å². The van der Waals surface area contributed by atoms with Crippen LogP contribution in [-0.2, 0) is 10.0 Å². The van der Waals surface area contributed by atoms with Crippen LogP contribution in [0.3, 0.4) is 0 Å². The van der Waals surface area contributed by atoms with Gasteiger partial charge in [0.1, 0.15) is 0 Å². The summed E-state index contributed by atoms with van der Waals surface area (Å²) >= 11 is 0. The maximum atomic E-state index is 13.5. The van der Waals surface area contributed by atoms with Gasteiger partial charge in [-0.3, -0.25) is 0 Å². The zero-order valence-corrected chi connectivity index (χ0v) is 16.3. The standard InChI is InChI=1S/C13H19F11N2O3S/c1-26(2,27)6-3-5-25-30(28,29)7-4-9(14,15)8-10(16,17)11(18,19)12(20,21)13(22,23)24/h25H,3-8H2,1-2H3. The number of rotatable bonds is 12. The van der Waals surface area contributed by atoms with Gasteiger partial charge in [0.15, 0.2) is 0 Å². The molecule has 0 saturated heterocycles. The Balaban J connectivity index is 5.10. The normalized spacial score (nSPS) is 15.5. The summed E-state index contributed by atoms with van der Waals surface area (Å²) in [4.78, 5) is 0. The number of hydrogen-bond donors (Lipinski definition) is 1. The SMILES string of the molecule is C[N+](C)([O-])CCCNS(=O)(=O)CCC(F)(F)CC(F)(F)C(F)(F)C(F)(F)C(F)(F)F. The molecule has 0 atom stereocenters. The zero-order chi connectivity index (χ0) is 24.4. The second-order valence-corrected chi connectivity index (χ2v) is 8.92. The van der Waals surface area contributed by atoms with Crippen molar-refractivity contribution in [2.75, 3.05) is 32.9 Å². The highest BCUT2D eigenvalue weighted by atomic mass is 32.2. The molecule has 0 aromatic rings. The average molecular weight is 492 g/mol. The lowest BCUT2D eigenvalue weighted by Crippen LogP contribution is -2.61. The van der Waals surface area contributed by atoms with Crippen molar-refractivity contribution in [3.05, 3.63) is 5.21 Å². The van der Waals surface area contributed by atoms with Crippen LogP contribution in [0.5, 0.6) is 0 Å². The summed E-state index contributed by atoms with van der Waals surface area (Å²) in [6, 6.07) is 0. The van der Waals surface area contributed by atoms with E-state index >= 15 is 0 Å². The minimum atomic E-state index is -7.32. The highest BCUT2D eigenvalue weighted by molar-refractivity contribution is 7.89. The van der Waals surface area contributed by atoms with Crippen LogP contribution < -0.4 is 4.72 Å². The monoisotopic (exact) mass is 492 g/mol. The third-order valence-electron chi connectivity index (χ3n) is 3.62. The van der Waals surface area contributed by atoms with E-state index in [-0.39, 0.29) is 13.0 Å². The largest absolute Gasteiger partial charge is 0.633 e. The van der Waals surface area contributed by atoms with Gasteiger partial charge in [-0.15, -0.1) is 0 Å². The predicted molar refractivity (Wildman–Crippen MR) is 81.8 cm³/mol. The highest BCUT2D eigenvalue weighted by Crippen LogP contribution is 2.55. The van der Waals surface area contributed by atoms with Crippen LogP contribution in [-0.4, -0.2) is 75.9 Å². The van der Waals surface area contributed by atoms with Crippen molar-refractivity contribution < 1.29 is 61.4 Å². The Morgan fingerprint density at radius 3 is 1.73 bits per heavy atom. The number of alkyl halides is 11.